The second-order valence-electron chi connectivity index (χ2n) is 6.10. The summed E-state index contributed by atoms with van der Waals surface area (Å²) in [4.78, 5) is 36.4. The number of rotatable bonds is 7. The Hall–Kier alpha value is -3.88. The summed E-state index contributed by atoms with van der Waals surface area (Å²) in [6.45, 7) is -0.517. The van der Waals surface area contributed by atoms with E-state index in [4.69, 9.17) is 14.6 Å². The molecule has 2 aromatic carbocycles. The van der Waals surface area contributed by atoms with Gasteiger partial charge in [0.15, 0.2) is 18.1 Å². The van der Waals surface area contributed by atoms with Crippen LogP contribution in [0.3, 0.4) is 0 Å². The molecule has 29 heavy (non-hydrogen) atoms. The predicted molar refractivity (Wildman–Crippen MR) is 99.6 cm³/mol. The molecule has 0 saturated carbocycles. The molecule has 2 aromatic rings. The molecule has 0 bridgehead atoms. The highest BCUT2D eigenvalue weighted by atomic mass is 19.1. The van der Waals surface area contributed by atoms with E-state index in [1.165, 1.54) is 43.5 Å². The highest BCUT2D eigenvalue weighted by Gasteiger charge is 2.33. The lowest BCUT2D eigenvalue weighted by atomic mass is 10.1. The first-order chi connectivity index (χ1) is 13.9. The van der Waals surface area contributed by atoms with Gasteiger partial charge in [-0.1, -0.05) is 18.2 Å². The van der Waals surface area contributed by atoms with Crippen LogP contribution in [-0.2, 0) is 16.1 Å². The van der Waals surface area contributed by atoms with Crippen molar-refractivity contribution in [2.45, 2.75) is 6.54 Å². The molecule has 0 aliphatic carbocycles. The Bertz CT molecular complexity index is 987. The fourth-order valence-electron chi connectivity index (χ4n) is 2.69. The maximum atomic E-state index is 13.0. The third-order valence-corrected chi connectivity index (χ3v) is 4.07. The normalized spacial score (nSPS) is 14.8. The minimum atomic E-state index is -1.13. The van der Waals surface area contributed by atoms with Gasteiger partial charge < -0.3 is 19.9 Å². The Morgan fingerprint density at radius 1 is 1.17 bits per heavy atom. The number of carbonyl (C=O) groups excluding carboxylic acids is 2. The number of nitrogens with zero attached hydrogens (tertiary/aromatic N) is 1. The molecule has 8 nitrogen and oxygen atoms in total. The summed E-state index contributed by atoms with van der Waals surface area (Å²) in [6.07, 6.45) is 1.47. The van der Waals surface area contributed by atoms with Crippen LogP contribution in [0.25, 0.3) is 6.08 Å². The van der Waals surface area contributed by atoms with E-state index in [-0.39, 0.29) is 23.7 Å². The Morgan fingerprint density at radius 3 is 2.55 bits per heavy atom. The lowest BCUT2D eigenvalue weighted by Gasteiger charge is -2.11. The largest absolute Gasteiger partial charge is 0.493 e. The van der Waals surface area contributed by atoms with Gasteiger partial charge in [0.1, 0.15) is 11.5 Å². The molecule has 0 atom stereocenters. The van der Waals surface area contributed by atoms with Crippen molar-refractivity contribution in [2.75, 3.05) is 13.7 Å². The molecule has 0 spiro atoms. The summed E-state index contributed by atoms with van der Waals surface area (Å²) in [7, 11) is 1.40. The standard InChI is InChI=1S/C20H17FN2O6/c1-28-17-9-13(4-7-16(17)29-11-18(24)25)8-15-19(26)23(20(27)22-15)10-12-2-5-14(21)6-3-12/h2-9H,10-11H2,1H3,(H,22,27)(H,24,25)/b15-8+. The third-order valence-electron chi connectivity index (χ3n) is 4.07. The summed E-state index contributed by atoms with van der Waals surface area (Å²) >= 11 is 0. The predicted octanol–water partition coefficient (Wildman–Crippen LogP) is 2.39. The van der Waals surface area contributed by atoms with Gasteiger partial charge >= 0.3 is 12.0 Å². The van der Waals surface area contributed by atoms with E-state index >= 15 is 0 Å². The first-order valence-corrected chi connectivity index (χ1v) is 8.49. The number of hydrogen-bond acceptors (Lipinski definition) is 5. The molecule has 3 amide bonds. The topological polar surface area (TPSA) is 105 Å². The molecule has 150 valence electrons. The van der Waals surface area contributed by atoms with Gasteiger partial charge in [0.2, 0.25) is 0 Å². The number of carboxylic acids is 1. The van der Waals surface area contributed by atoms with Crippen LogP contribution in [0.4, 0.5) is 9.18 Å². The van der Waals surface area contributed by atoms with Crippen LogP contribution in [0.2, 0.25) is 0 Å². The van der Waals surface area contributed by atoms with Gasteiger partial charge in [0.05, 0.1) is 13.7 Å². The van der Waals surface area contributed by atoms with E-state index in [2.05, 4.69) is 5.32 Å². The van der Waals surface area contributed by atoms with Crippen LogP contribution in [0, 0.1) is 5.82 Å². The molecule has 2 N–H and O–H groups in total. The van der Waals surface area contributed by atoms with Gasteiger partial charge in [0.25, 0.3) is 5.91 Å². The smallest absolute Gasteiger partial charge is 0.341 e. The number of methoxy groups -OCH3 is 1. The molecular weight excluding hydrogens is 383 g/mol. The molecule has 0 radical (unpaired) electrons. The second-order valence-corrected chi connectivity index (χ2v) is 6.10. The maximum absolute atomic E-state index is 13.0. The number of halogens is 1. The van der Waals surface area contributed by atoms with Crippen molar-refractivity contribution >= 4 is 24.0 Å². The van der Waals surface area contributed by atoms with Crippen molar-refractivity contribution in [1.29, 1.82) is 0 Å². The Morgan fingerprint density at radius 2 is 1.90 bits per heavy atom. The lowest BCUT2D eigenvalue weighted by Crippen LogP contribution is -2.30. The fraction of sp³-hybridized carbons (Fsp3) is 0.150. The second kappa shape index (κ2) is 8.42. The molecule has 1 aliphatic rings. The number of benzene rings is 2. The SMILES string of the molecule is COc1cc(/C=C2/NC(=O)N(Cc3ccc(F)cc3)C2=O)ccc1OCC(=O)O. The third kappa shape index (κ3) is 4.70. The van der Waals surface area contributed by atoms with E-state index < -0.39 is 30.3 Å². The van der Waals surface area contributed by atoms with Crippen LogP contribution >= 0.6 is 0 Å². The molecule has 1 fully saturated rings. The minimum absolute atomic E-state index is 0.00751. The summed E-state index contributed by atoms with van der Waals surface area (Å²) in [6, 6.07) is 9.57. The molecule has 1 heterocycles. The van der Waals surface area contributed by atoms with E-state index in [1.54, 1.807) is 12.1 Å². The summed E-state index contributed by atoms with van der Waals surface area (Å²) in [5.74, 6) is -1.54. The zero-order chi connectivity index (χ0) is 21.0. The molecule has 3 rings (SSSR count). The number of imide groups is 1. The van der Waals surface area contributed by atoms with Gasteiger partial charge in [-0.15, -0.1) is 0 Å². The van der Waals surface area contributed by atoms with Gasteiger partial charge in [-0.2, -0.15) is 0 Å². The van der Waals surface area contributed by atoms with Gasteiger partial charge in [0, 0.05) is 0 Å². The van der Waals surface area contributed by atoms with Crippen LogP contribution < -0.4 is 14.8 Å². The van der Waals surface area contributed by atoms with Crippen molar-refractivity contribution in [3.8, 4) is 11.5 Å². The number of nitrogens with one attached hydrogen (secondary N) is 1. The zero-order valence-corrected chi connectivity index (χ0v) is 15.3. The van der Waals surface area contributed by atoms with Gasteiger partial charge in [-0.3, -0.25) is 9.69 Å². The molecule has 0 unspecified atom stereocenters. The molecule has 0 aromatic heterocycles. The summed E-state index contributed by atoms with van der Waals surface area (Å²) < 4.78 is 23.3. The van der Waals surface area contributed by atoms with Crippen molar-refractivity contribution in [2.24, 2.45) is 0 Å². The molecule has 1 saturated heterocycles. The van der Waals surface area contributed by atoms with Crippen LogP contribution in [-0.4, -0.2) is 41.6 Å². The van der Waals surface area contributed by atoms with Crippen molar-refractivity contribution < 1.29 is 33.4 Å². The number of amides is 3. The highest BCUT2D eigenvalue weighted by Crippen LogP contribution is 2.29. The molecular formula is C20H17FN2O6. The molecule has 9 heteroatoms. The average molecular weight is 400 g/mol. The monoisotopic (exact) mass is 400 g/mol. The minimum Gasteiger partial charge on any atom is -0.493 e. The van der Waals surface area contributed by atoms with Gasteiger partial charge in [-0.05, 0) is 41.5 Å². The van der Waals surface area contributed by atoms with Crippen molar-refractivity contribution in [3.63, 3.8) is 0 Å². The van der Waals surface area contributed by atoms with Crippen LogP contribution in [0.5, 0.6) is 11.5 Å². The average Bonchev–Trinajstić information content (AvgIpc) is 2.95. The Balaban J connectivity index is 1.78. The Kier molecular flexibility index (Phi) is 5.77. The van der Waals surface area contributed by atoms with E-state index in [0.717, 1.165) is 4.90 Å². The number of urea groups is 1. The quantitative estimate of drug-likeness (QED) is 0.546. The number of carboxylic acid groups (broad SMARTS) is 1. The first-order valence-electron chi connectivity index (χ1n) is 8.49. The van der Waals surface area contributed by atoms with E-state index in [1.807, 2.05) is 0 Å². The zero-order valence-electron chi connectivity index (χ0n) is 15.3. The van der Waals surface area contributed by atoms with Gasteiger partial charge in [-0.25, -0.2) is 14.0 Å². The maximum Gasteiger partial charge on any atom is 0.341 e. The lowest BCUT2D eigenvalue weighted by molar-refractivity contribution is -0.139. The highest BCUT2D eigenvalue weighted by molar-refractivity contribution is 6.13. The number of ether oxygens (including phenoxy) is 2. The first kappa shape index (κ1) is 19.9. The number of aliphatic carboxylic acids is 1. The van der Waals surface area contributed by atoms with E-state index in [9.17, 15) is 18.8 Å². The van der Waals surface area contributed by atoms with E-state index in [0.29, 0.717) is 11.1 Å². The number of hydrogen-bond donors (Lipinski definition) is 2. The van der Waals surface area contributed by atoms with Crippen molar-refractivity contribution in [3.05, 3.63) is 65.1 Å². The summed E-state index contributed by atoms with van der Waals surface area (Å²) in [5, 5.41) is 11.2. The fourth-order valence-corrected chi connectivity index (χ4v) is 2.69. The summed E-state index contributed by atoms with van der Waals surface area (Å²) in [5.41, 5.74) is 1.22. The van der Waals surface area contributed by atoms with Crippen LogP contribution in [0.15, 0.2) is 48.2 Å². The molecule has 1 aliphatic heterocycles. The van der Waals surface area contributed by atoms with Crippen molar-refractivity contribution in [1.82, 2.24) is 10.2 Å². The van der Waals surface area contributed by atoms with Crippen LogP contribution in [0.1, 0.15) is 11.1 Å². The Labute approximate surface area is 165 Å². The number of carbonyl (C=O) groups is 3.